The molecule has 0 aromatic heterocycles. The van der Waals surface area contributed by atoms with Crippen molar-refractivity contribution in [2.45, 2.75) is 12.8 Å². The van der Waals surface area contributed by atoms with Crippen LogP contribution in [0, 0.1) is 0 Å². The first-order valence-electron chi connectivity index (χ1n) is 10.5. The van der Waals surface area contributed by atoms with Crippen LogP contribution in [0.1, 0.15) is 52.6 Å². The standard InChI is InChI=1S/C27H24O7/c1-32-23-15-18(5-4-17-6-8-20(9-7-17)26(30)33-2)14-22(16-23)25(29)24(28)19-10-12-21(13-11-19)27(31)34-3/h6-16H,4-5H2,1-3H3. The first-order chi connectivity index (χ1) is 16.4. The lowest BCUT2D eigenvalue weighted by atomic mass is 9.96. The predicted molar refractivity (Wildman–Crippen MR) is 125 cm³/mol. The van der Waals surface area contributed by atoms with Crippen molar-refractivity contribution in [2.24, 2.45) is 0 Å². The molecular formula is C27H24O7. The van der Waals surface area contributed by atoms with Crippen molar-refractivity contribution in [1.29, 1.82) is 0 Å². The second-order valence-electron chi connectivity index (χ2n) is 7.49. The summed E-state index contributed by atoms with van der Waals surface area (Å²) in [5, 5.41) is 0. The van der Waals surface area contributed by atoms with Gasteiger partial charge in [-0.15, -0.1) is 0 Å². The third kappa shape index (κ3) is 5.75. The minimum Gasteiger partial charge on any atom is -0.497 e. The summed E-state index contributed by atoms with van der Waals surface area (Å²) in [7, 11) is 4.09. The Bertz CT molecular complexity index is 1210. The van der Waals surface area contributed by atoms with Gasteiger partial charge in [0.05, 0.1) is 32.5 Å². The fourth-order valence-corrected chi connectivity index (χ4v) is 3.41. The molecule has 0 aliphatic carbocycles. The first kappa shape index (κ1) is 24.4. The maximum atomic E-state index is 12.9. The number of hydrogen-bond donors (Lipinski definition) is 0. The van der Waals surface area contributed by atoms with E-state index >= 15 is 0 Å². The molecule has 7 nitrogen and oxygen atoms in total. The Morgan fingerprint density at radius 1 is 0.559 bits per heavy atom. The molecule has 0 atom stereocenters. The number of Topliss-reactive ketones (excluding diaryl/α,β-unsaturated/α-hetero) is 2. The summed E-state index contributed by atoms with van der Waals surface area (Å²) in [4.78, 5) is 48.8. The maximum absolute atomic E-state index is 12.9. The second kappa shape index (κ2) is 11.0. The molecule has 0 saturated carbocycles. The number of hydrogen-bond acceptors (Lipinski definition) is 7. The van der Waals surface area contributed by atoms with Gasteiger partial charge >= 0.3 is 11.9 Å². The van der Waals surface area contributed by atoms with Crippen molar-refractivity contribution in [3.05, 3.63) is 100 Å². The Morgan fingerprint density at radius 3 is 1.56 bits per heavy atom. The molecule has 3 aromatic carbocycles. The quantitative estimate of drug-likeness (QED) is 0.269. The minimum atomic E-state index is -0.686. The molecule has 7 heteroatoms. The van der Waals surface area contributed by atoms with Gasteiger partial charge in [-0.1, -0.05) is 24.3 Å². The number of benzene rings is 3. The van der Waals surface area contributed by atoms with Gasteiger partial charge in [0.2, 0.25) is 11.6 Å². The smallest absolute Gasteiger partial charge is 0.337 e. The summed E-state index contributed by atoms with van der Waals surface area (Å²) in [5.74, 6) is -1.81. The van der Waals surface area contributed by atoms with Crippen LogP contribution < -0.4 is 4.74 Å². The van der Waals surface area contributed by atoms with Crippen molar-refractivity contribution < 1.29 is 33.4 Å². The molecule has 174 valence electrons. The number of esters is 2. The van der Waals surface area contributed by atoms with Crippen molar-refractivity contribution in [1.82, 2.24) is 0 Å². The Hall–Kier alpha value is -4.26. The highest BCUT2D eigenvalue weighted by Gasteiger charge is 2.20. The zero-order valence-corrected chi connectivity index (χ0v) is 19.1. The fraction of sp³-hybridized carbons (Fsp3) is 0.185. The van der Waals surface area contributed by atoms with E-state index in [4.69, 9.17) is 9.47 Å². The van der Waals surface area contributed by atoms with Gasteiger partial charge in [0.15, 0.2) is 0 Å². The van der Waals surface area contributed by atoms with Gasteiger partial charge in [0, 0.05) is 11.1 Å². The van der Waals surface area contributed by atoms with Crippen LogP contribution in [0.15, 0.2) is 66.7 Å². The normalized spacial score (nSPS) is 10.3. The molecule has 34 heavy (non-hydrogen) atoms. The van der Waals surface area contributed by atoms with Crippen molar-refractivity contribution in [3.8, 4) is 5.75 Å². The third-order valence-electron chi connectivity index (χ3n) is 5.32. The molecule has 3 aromatic rings. The second-order valence-corrected chi connectivity index (χ2v) is 7.49. The van der Waals surface area contributed by atoms with Gasteiger partial charge in [-0.05, 0) is 66.4 Å². The van der Waals surface area contributed by atoms with E-state index in [1.807, 2.05) is 18.2 Å². The first-order valence-corrected chi connectivity index (χ1v) is 10.5. The van der Waals surface area contributed by atoms with Crippen LogP contribution in [-0.4, -0.2) is 44.8 Å². The van der Waals surface area contributed by atoms with Crippen LogP contribution in [0.25, 0.3) is 0 Å². The topological polar surface area (TPSA) is 96.0 Å². The number of ether oxygens (including phenoxy) is 3. The minimum absolute atomic E-state index is 0.174. The Morgan fingerprint density at radius 2 is 1.03 bits per heavy atom. The number of carbonyl (C=O) groups is 4. The number of aryl methyl sites for hydroxylation is 2. The van der Waals surface area contributed by atoms with Crippen LogP contribution in [0.4, 0.5) is 0 Å². The predicted octanol–water partition coefficient (Wildman–Crippen LogP) is 4.12. The molecule has 0 aliphatic rings. The number of methoxy groups -OCH3 is 3. The molecule has 0 heterocycles. The maximum Gasteiger partial charge on any atom is 0.337 e. The zero-order chi connectivity index (χ0) is 24.7. The Labute approximate surface area is 197 Å². The molecule has 0 unspecified atom stereocenters. The molecule has 3 rings (SSSR count). The average molecular weight is 460 g/mol. The van der Waals surface area contributed by atoms with Crippen molar-refractivity contribution >= 4 is 23.5 Å². The highest BCUT2D eigenvalue weighted by atomic mass is 16.5. The van der Waals surface area contributed by atoms with E-state index in [2.05, 4.69) is 4.74 Å². The van der Waals surface area contributed by atoms with E-state index in [1.54, 1.807) is 18.2 Å². The molecule has 0 spiro atoms. The Balaban J connectivity index is 1.76. The van der Waals surface area contributed by atoms with Crippen LogP contribution in [0.2, 0.25) is 0 Å². The third-order valence-corrected chi connectivity index (χ3v) is 5.32. The highest BCUT2D eigenvalue weighted by Crippen LogP contribution is 2.21. The molecule has 0 saturated heterocycles. The van der Waals surface area contributed by atoms with E-state index < -0.39 is 23.5 Å². The van der Waals surface area contributed by atoms with E-state index in [0.29, 0.717) is 24.2 Å². The van der Waals surface area contributed by atoms with E-state index in [-0.39, 0.29) is 16.7 Å². The molecule has 0 N–H and O–H groups in total. The van der Waals surface area contributed by atoms with Crippen LogP contribution in [0.3, 0.4) is 0 Å². The van der Waals surface area contributed by atoms with Crippen molar-refractivity contribution in [3.63, 3.8) is 0 Å². The van der Waals surface area contributed by atoms with Gasteiger partial charge < -0.3 is 14.2 Å². The summed E-state index contributed by atoms with van der Waals surface area (Å²) in [6, 6.07) is 17.8. The van der Waals surface area contributed by atoms with E-state index in [0.717, 1.165) is 11.1 Å². The summed E-state index contributed by atoms with van der Waals surface area (Å²) in [6.45, 7) is 0. The van der Waals surface area contributed by atoms with Gasteiger partial charge in [-0.2, -0.15) is 0 Å². The van der Waals surface area contributed by atoms with Gasteiger partial charge in [-0.3, -0.25) is 9.59 Å². The van der Waals surface area contributed by atoms with E-state index in [9.17, 15) is 19.2 Å². The lowest BCUT2D eigenvalue weighted by Crippen LogP contribution is -2.15. The summed E-state index contributed by atoms with van der Waals surface area (Å²) >= 11 is 0. The molecule has 0 amide bonds. The van der Waals surface area contributed by atoms with Crippen LogP contribution in [-0.2, 0) is 22.3 Å². The number of ketones is 2. The molecule has 0 radical (unpaired) electrons. The summed E-state index contributed by atoms with van der Waals surface area (Å²) in [6.07, 6.45) is 1.25. The molecule has 0 fully saturated rings. The average Bonchev–Trinajstić information content (AvgIpc) is 2.90. The number of carbonyl (C=O) groups excluding carboxylic acids is 4. The lowest BCUT2D eigenvalue weighted by Gasteiger charge is -2.09. The summed E-state index contributed by atoms with van der Waals surface area (Å²) in [5.41, 5.74) is 2.98. The van der Waals surface area contributed by atoms with Crippen LogP contribution >= 0.6 is 0 Å². The van der Waals surface area contributed by atoms with Gasteiger partial charge in [-0.25, -0.2) is 9.59 Å². The summed E-state index contributed by atoms with van der Waals surface area (Å²) < 4.78 is 14.7. The van der Waals surface area contributed by atoms with Crippen LogP contribution in [0.5, 0.6) is 5.75 Å². The SMILES string of the molecule is COC(=O)c1ccc(CCc2cc(OC)cc(C(=O)C(=O)c3ccc(C(=O)OC)cc3)c2)cc1. The molecular weight excluding hydrogens is 436 g/mol. The fourth-order valence-electron chi connectivity index (χ4n) is 3.41. The molecule has 0 bridgehead atoms. The highest BCUT2D eigenvalue weighted by molar-refractivity contribution is 6.49. The Kier molecular flexibility index (Phi) is 7.92. The van der Waals surface area contributed by atoms with Gasteiger partial charge in [0.1, 0.15) is 5.75 Å². The monoisotopic (exact) mass is 460 g/mol. The molecule has 0 aliphatic heterocycles. The van der Waals surface area contributed by atoms with Crippen molar-refractivity contribution in [2.75, 3.05) is 21.3 Å². The van der Waals surface area contributed by atoms with E-state index in [1.165, 1.54) is 51.7 Å². The lowest BCUT2D eigenvalue weighted by molar-refractivity contribution is 0.0592. The number of rotatable bonds is 9. The largest absolute Gasteiger partial charge is 0.497 e. The van der Waals surface area contributed by atoms with Gasteiger partial charge in [0.25, 0.3) is 0 Å². The zero-order valence-electron chi connectivity index (χ0n) is 19.1.